The maximum Gasteiger partial charge on any atom is 0.340 e. The van der Waals surface area contributed by atoms with E-state index in [4.69, 9.17) is 0 Å². The molecule has 0 aromatic carbocycles. The average molecular weight is 252 g/mol. The lowest BCUT2D eigenvalue weighted by atomic mass is 10.1. The number of methoxy groups -OCH3 is 2. The van der Waals surface area contributed by atoms with Crippen molar-refractivity contribution < 1.29 is 23.9 Å². The molecule has 0 radical (unpaired) electrons. The van der Waals surface area contributed by atoms with E-state index in [0.717, 1.165) is 0 Å². The molecule has 0 unspecified atom stereocenters. The first-order valence-electron chi connectivity index (χ1n) is 5.22. The summed E-state index contributed by atoms with van der Waals surface area (Å²) in [5, 5.41) is 0. The molecule has 0 saturated carbocycles. The Kier molecular flexibility index (Phi) is 2.82. The van der Waals surface area contributed by atoms with Gasteiger partial charge in [-0.15, -0.1) is 0 Å². The van der Waals surface area contributed by atoms with E-state index in [0.29, 0.717) is 11.4 Å². The van der Waals surface area contributed by atoms with Crippen molar-refractivity contribution in [1.29, 1.82) is 0 Å². The first-order chi connectivity index (χ1) is 8.51. The molecule has 7 nitrogen and oxygen atoms in total. The number of carbonyl (C=O) groups excluding carboxylic acids is 3. The maximum absolute atomic E-state index is 11.8. The number of esters is 2. The van der Waals surface area contributed by atoms with E-state index in [1.165, 1.54) is 18.9 Å². The van der Waals surface area contributed by atoms with Crippen molar-refractivity contribution in [2.45, 2.75) is 13.3 Å². The Morgan fingerprint density at radius 2 is 1.72 bits per heavy atom. The van der Waals surface area contributed by atoms with Crippen LogP contribution in [0.15, 0.2) is 0 Å². The highest BCUT2D eigenvalue weighted by Gasteiger charge is 2.35. The van der Waals surface area contributed by atoms with Crippen molar-refractivity contribution in [3.63, 3.8) is 0 Å². The number of fused-ring (bicyclic) bond motifs is 1. The number of nitrogens with one attached hydrogen (secondary N) is 1. The topological polar surface area (TPSA) is 86.6 Å². The summed E-state index contributed by atoms with van der Waals surface area (Å²) in [6.07, 6.45) is 0.0300. The van der Waals surface area contributed by atoms with Crippen LogP contribution >= 0.6 is 0 Å². The van der Waals surface area contributed by atoms with Crippen LogP contribution in [0.4, 0.5) is 0 Å². The van der Waals surface area contributed by atoms with Gasteiger partial charge in [0.2, 0.25) is 5.91 Å². The lowest BCUT2D eigenvalue weighted by Gasteiger charge is -2.04. The molecule has 0 fully saturated rings. The van der Waals surface area contributed by atoms with Crippen LogP contribution < -0.4 is 5.43 Å². The monoisotopic (exact) mass is 252 g/mol. The summed E-state index contributed by atoms with van der Waals surface area (Å²) in [5.41, 5.74) is 3.62. The molecule has 1 amide bonds. The van der Waals surface area contributed by atoms with Crippen LogP contribution in [-0.2, 0) is 20.7 Å². The lowest BCUT2D eigenvalue weighted by molar-refractivity contribution is -0.115. The van der Waals surface area contributed by atoms with Gasteiger partial charge in [-0.3, -0.25) is 14.9 Å². The summed E-state index contributed by atoms with van der Waals surface area (Å²) in [4.78, 5) is 34.8. The first kappa shape index (κ1) is 12.2. The minimum Gasteiger partial charge on any atom is -0.465 e. The Bertz CT molecular complexity index is 558. The van der Waals surface area contributed by atoms with Gasteiger partial charge in [-0.05, 0) is 6.92 Å². The summed E-state index contributed by atoms with van der Waals surface area (Å²) in [7, 11) is 2.44. The largest absolute Gasteiger partial charge is 0.465 e. The van der Waals surface area contributed by atoms with Gasteiger partial charge in [-0.25, -0.2) is 9.59 Å². The quantitative estimate of drug-likeness (QED) is 0.748. The zero-order valence-electron chi connectivity index (χ0n) is 10.2. The van der Waals surface area contributed by atoms with Crippen molar-refractivity contribution in [2.75, 3.05) is 19.6 Å². The molecule has 1 aromatic heterocycles. The van der Waals surface area contributed by atoms with Crippen molar-refractivity contribution in [3.8, 4) is 0 Å². The van der Waals surface area contributed by atoms with Crippen LogP contribution in [0.3, 0.4) is 0 Å². The van der Waals surface area contributed by atoms with E-state index in [9.17, 15) is 14.4 Å². The predicted molar refractivity (Wildman–Crippen MR) is 59.9 cm³/mol. The number of hydrogen-bond acceptors (Lipinski definition) is 5. The molecule has 2 heterocycles. The van der Waals surface area contributed by atoms with Crippen LogP contribution in [0.2, 0.25) is 0 Å². The summed E-state index contributed by atoms with van der Waals surface area (Å²) in [6, 6.07) is 0. The van der Waals surface area contributed by atoms with Crippen molar-refractivity contribution >= 4 is 17.8 Å². The fourth-order valence-corrected chi connectivity index (χ4v) is 2.06. The fraction of sp³-hybridized carbons (Fsp3) is 0.364. The number of amides is 1. The number of nitrogens with zero attached hydrogens (tertiary/aromatic N) is 1. The van der Waals surface area contributed by atoms with E-state index in [2.05, 4.69) is 14.9 Å². The third-order valence-corrected chi connectivity index (χ3v) is 2.85. The lowest BCUT2D eigenvalue weighted by Crippen LogP contribution is -2.17. The number of carbonyl (C=O) groups is 3. The van der Waals surface area contributed by atoms with Crippen LogP contribution in [0, 0.1) is 6.92 Å². The first-order valence-corrected chi connectivity index (χ1v) is 5.22. The van der Waals surface area contributed by atoms with Gasteiger partial charge in [0.15, 0.2) is 0 Å². The second-order valence-electron chi connectivity index (χ2n) is 3.81. The zero-order valence-corrected chi connectivity index (χ0v) is 10.2. The molecule has 18 heavy (non-hydrogen) atoms. The number of rotatable bonds is 2. The Morgan fingerprint density at radius 1 is 1.17 bits per heavy atom. The van der Waals surface area contributed by atoms with Crippen LogP contribution in [0.5, 0.6) is 0 Å². The number of aromatic nitrogens is 1. The molecule has 1 aliphatic heterocycles. The molecule has 0 aliphatic carbocycles. The summed E-state index contributed by atoms with van der Waals surface area (Å²) in [6.45, 7) is 1.62. The second-order valence-corrected chi connectivity index (χ2v) is 3.81. The zero-order chi connectivity index (χ0) is 13.4. The third kappa shape index (κ3) is 1.55. The van der Waals surface area contributed by atoms with Gasteiger partial charge < -0.3 is 9.47 Å². The van der Waals surface area contributed by atoms with E-state index >= 15 is 0 Å². The molecule has 1 aromatic rings. The molecule has 7 heteroatoms. The van der Waals surface area contributed by atoms with Gasteiger partial charge >= 0.3 is 11.9 Å². The number of hydrogen-bond donors (Lipinski definition) is 1. The Hall–Kier alpha value is -2.31. The molecular formula is C11H12N2O5. The maximum atomic E-state index is 11.8. The molecule has 0 spiro atoms. The van der Waals surface area contributed by atoms with Gasteiger partial charge in [0.25, 0.3) is 0 Å². The molecule has 96 valence electrons. The van der Waals surface area contributed by atoms with Gasteiger partial charge in [0.1, 0.15) is 0 Å². The van der Waals surface area contributed by atoms with E-state index in [1.807, 2.05) is 0 Å². The molecular weight excluding hydrogens is 240 g/mol. The highest BCUT2D eigenvalue weighted by atomic mass is 16.5. The highest BCUT2D eigenvalue weighted by Crippen LogP contribution is 2.27. The van der Waals surface area contributed by atoms with E-state index < -0.39 is 11.9 Å². The smallest absolute Gasteiger partial charge is 0.340 e. The molecule has 0 atom stereocenters. The average Bonchev–Trinajstić information content (AvgIpc) is 2.84. The van der Waals surface area contributed by atoms with Crippen molar-refractivity contribution in [2.24, 2.45) is 0 Å². The summed E-state index contributed by atoms with van der Waals surface area (Å²) in [5.74, 6) is -1.54. The highest BCUT2D eigenvalue weighted by molar-refractivity contribution is 6.07. The Balaban J connectivity index is 2.68. The van der Waals surface area contributed by atoms with Crippen molar-refractivity contribution in [3.05, 3.63) is 22.5 Å². The SMILES string of the molecule is COC(=O)c1c(C(=O)OC)c2n(c1C)NC(=O)C2. The fourth-order valence-electron chi connectivity index (χ4n) is 2.06. The Morgan fingerprint density at radius 3 is 2.28 bits per heavy atom. The Labute approximate surface area is 103 Å². The van der Waals surface area contributed by atoms with Crippen LogP contribution in [0.1, 0.15) is 32.1 Å². The second kappa shape index (κ2) is 4.17. The minimum absolute atomic E-state index is 0.0300. The van der Waals surface area contributed by atoms with E-state index in [-0.39, 0.29) is 23.5 Å². The number of ether oxygens (including phenoxy) is 2. The summed E-state index contributed by atoms with van der Waals surface area (Å²) >= 11 is 0. The van der Waals surface area contributed by atoms with Gasteiger partial charge in [-0.2, -0.15) is 0 Å². The van der Waals surface area contributed by atoms with Crippen LogP contribution in [-0.4, -0.2) is 36.7 Å². The normalized spacial score (nSPS) is 12.9. The standard InChI is InChI=1S/C11H12N2O5/c1-5-8(10(15)17-2)9(11(16)18-3)6-4-7(14)12-13(5)6/h4H2,1-3H3,(H,12,14). The van der Waals surface area contributed by atoms with Gasteiger partial charge in [-0.1, -0.05) is 0 Å². The third-order valence-electron chi connectivity index (χ3n) is 2.85. The molecule has 0 bridgehead atoms. The molecule has 2 rings (SSSR count). The van der Waals surface area contributed by atoms with Crippen LogP contribution in [0.25, 0.3) is 0 Å². The molecule has 1 aliphatic rings. The van der Waals surface area contributed by atoms with Crippen molar-refractivity contribution in [1.82, 2.24) is 4.68 Å². The minimum atomic E-state index is -0.663. The predicted octanol–water partition coefficient (Wildman–Crippen LogP) is -0.00408. The van der Waals surface area contributed by atoms with Gasteiger partial charge in [0.05, 0.1) is 43.2 Å². The summed E-state index contributed by atoms with van der Waals surface area (Å²) < 4.78 is 10.7. The van der Waals surface area contributed by atoms with Gasteiger partial charge in [0, 0.05) is 0 Å². The molecule has 0 saturated heterocycles. The molecule has 1 N–H and O–H groups in total. The van der Waals surface area contributed by atoms with E-state index in [1.54, 1.807) is 6.92 Å².